The molecule has 0 saturated carbocycles. The van der Waals surface area contributed by atoms with Gasteiger partial charge in [-0.15, -0.1) is 0 Å². The van der Waals surface area contributed by atoms with Crippen LogP contribution in [-0.4, -0.2) is 42.2 Å². The van der Waals surface area contributed by atoms with Crippen molar-refractivity contribution in [2.75, 3.05) is 13.7 Å². The van der Waals surface area contributed by atoms with Crippen molar-refractivity contribution in [3.8, 4) is 11.5 Å². The van der Waals surface area contributed by atoms with Crippen LogP contribution in [0.3, 0.4) is 0 Å². The zero-order chi connectivity index (χ0) is 14.6. The van der Waals surface area contributed by atoms with Crippen molar-refractivity contribution in [3.63, 3.8) is 0 Å². The molecule has 0 spiro atoms. The summed E-state index contributed by atoms with van der Waals surface area (Å²) in [5.41, 5.74) is -0.169. The number of carboxylic acid groups (broad SMARTS) is 1. The molecule has 19 heavy (non-hydrogen) atoms. The van der Waals surface area contributed by atoms with Gasteiger partial charge in [-0.25, -0.2) is 4.79 Å². The molecule has 0 bridgehead atoms. The van der Waals surface area contributed by atoms with E-state index in [0.717, 1.165) is 6.07 Å². The number of hydrogen-bond acceptors (Lipinski definition) is 4. The second-order valence-corrected chi connectivity index (χ2v) is 3.54. The van der Waals surface area contributed by atoms with Gasteiger partial charge in [-0.05, 0) is 18.2 Å². The normalized spacial score (nSPS) is 12.9. The van der Waals surface area contributed by atoms with E-state index in [2.05, 4.69) is 0 Å². The number of carboxylic acids is 1. The summed E-state index contributed by atoms with van der Waals surface area (Å²) < 4.78 is 45.8. The van der Waals surface area contributed by atoms with Gasteiger partial charge < -0.3 is 19.7 Å². The summed E-state index contributed by atoms with van der Waals surface area (Å²) in [6.07, 6.45) is -7.47. The Bertz CT molecular complexity index is 458. The SMILES string of the molecule is COc1ccc(C(=O)O)cc1OCC(O)C(F)(F)F. The molecule has 1 atom stereocenters. The topological polar surface area (TPSA) is 76.0 Å². The third-order valence-electron chi connectivity index (χ3n) is 2.19. The highest BCUT2D eigenvalue weighted by Crippen LogP contribution is 2.29. The maximum absolute atomic E-state index is 12.1. The van der Waals surface area contributed by atoms with Gasteiger partial charge in [0.2, 0.25) is 0 Å². The second-order valence-electron chi connectivity index (χ2n) is 3.54. The molecule has 8 heteroatoms. The fraction of sp³-hybridized carbons (Fsp3) is 0.364. The smallest absolute Gasteiger partial charge is 0.417 e. The number of aliphatic hydroxyl groups is 1. The molecule has 2 N–H and O–H groups in total. The molecule has 0 heterocycles. The van der Waals surface area contributed by atoms with Gasteiger partial charge in [-0.2, -0.15) is 13.2 Å². The van der Waals surface area contributed by atoms with Crippen LogP contribution in [0.25, 0.3) is 0 Å². The highest BCUT2D eigenvalue weighted by molar-refractivity contribution is 5.88. The van der Waals surface area contributed by atoms with Gasteiger partial charge in [0, 0.05) is 0 Å². The van der Waals surface area contributed by atoms with E-state index in [4.69, 9.17) is 19.7 Å². The summed E-state index contributed by atoms with van der Waals surface area (Å²) in [6.45, 7) is -1.05. The van der Waals surface area contributed by atoms with Crippen LogP contribution in [0, 0.1) is 0 Å². The first-order valence-electron chi connectivity index (χ1n) is 5.04. The molecule has 1 rings (SSSR count). The number of ether oxygens (including phenoxy) is 2. The molecule has 0 radical (unpaired) electrons. The lowest BCUT2D eigenvalue weighted by molar-refractivity contribution is -0.210. The Labute approximate surface area is 106 Å². The third kappa shape index (κ3) is 4.02. The Kier molecular flexibility index (Phi) is 4.60. The quantitative estimate of drug-likeness (QED) is 0.858. The molecule has 106 valence electrons. The van der Waals surface area contributed by atoms with Crippen LogP contribution in [0.15, 0.2) is 18.2 Å². The van der Waals surface area contributed by atoms with Crippen LogP contribution in [0.5, 0.6) is 11.5 Å². The first-order valence-corrected chi connectivity index (χ1v) is 5.04. The Morgan fingerprint density at radius 1 is 1.37 bits per heavy atom. The number of aliphatic hydroxyl groups excluding tert-OH is 1. The Hall–Kier alpha value is -1.96. The van der Waals surface area contributed by atoms with Crippen molar-refractivity contribution >= 4 is 5.97 Å². The van der Waals surface area contributed by atoms with Crippen LogP contribution in [0.2, 0.25) is 0 Å². The number of hydrogen-bond donors (Lipinski definition) is 2. The molecule has 0 aliphatic carbocycles. The number of halogens is 3. The van der Waals surface area contributed by atoms with Gasteiger partial charge in [0.1, 0.15) is 6.61 Å². The zero-order valence-corrected chi connectivity index (χ0v) is 9.77. The maximum atomic E-state index is 12.1. The lowest BCUT2D eigenvalue weighted by Gasteiger charge is -2.16. The molecule has 0 aliphatic heterocycles. The van der Waals surface area contributed by atoms with Crippen LogP contribution < -0.4 is 9.47 Å². The highest BCUT2D eigenvalue weighted by atomic mass is 19.4. The van der Waals surface area contributed by atoms with Crippen molar-refractivity contribution < 1.29 is 37.7 Å². The monoisotopic (exact) mass is 280 g/mol. The van der Waals surface area contributed by atoms with E-state index in [0.29, 0.717) is 0 Å². The van der Waals surface area contributed by atoms with Crippen LogP contribution in [0.4, 0.5) is 13.2 Å². The minimum atomic E-state index is -4.81. The van der Waals surface area contributed by atoms with E-state index in [9.17, 15) is 18.0 Å². The van der Waals surface area contributed by atoms with Gasteiger partial charge in [-0.3, -0.25) is 0 Å². The van der Waals surface area contributed by atoms with Gasteiger partial charge >= 0.3 is 12.1 Å². The van der Waals surface area contributed by atoms with E-state index in [1.54, 1.807) is 0 Å². The Morgan fingerprint density at radius 3 is 2.47 bits per heavy atom. The van der Waals surface area contributed by atoms with Crippen molar-refractivity contribution in [2.24, 2.45) is 0 Å². The minimum Gasteiger partial charge on any atom is -0.493 e. The number of rotatable bonds is 5. The van der Waals surface area contributed by atoms with Gasteiger partial charge in [-0.1, -0.05) is 0 Å². The van der Waals surface area contributed by atoms with Crippen LogP contribution >= 0.6 is 0 Å². The number of alkyl halides is 3. The average molecular weight is 280 g/mol. The lowest BCUT2D eigenvalue weighted by Crippen LogP contribution is -2.34. The fourth-order valence-corrected chi connectivity index (χ4v) is 1.19. The molecule has 0 saturated heterocycles. The van der Waals surface area contributed by atoms with Crippen molar-refractivity contribution in [1.29, 1.82) is 0 Å². The molecular weight excluding hydrogens is 269 g/mol. The summed E-state index contributed by atoms with van der Waals surface area (Å²) >= 11 is 0. The van der Waals surface area contributed by atoms with E-state index in [1.807, 2.05) is 0 Å². The summed E-state index contributed by atoms with van der Waals surface area (Å²) in [5.74, 6) is -1.38. The molecular formula is C11H11F3O5. The van der Waals surface area contributed by atoms with Crippen molar-refractivity contribution in [2.45, 2.75) is 12.3 Å². The molecule has 1 unspecified atom stereocenters. The molecule has 0 amide bonds. The molecule has 1 aromatic rings. The zero-order valence-electron chi connectivity index (χ0n) is 9.77. The van der Waals surface area contributed by atoms with E-state index >= 15 is 0 Å². The molecule has 0 aromatic heterocycles. The van der Waals surface area contributed by atoms with Crippen LogP contribution in [-0.2, 0) is 0 Å². The molecule has 0 fully saturated rings. The second kappa shape index (κ2) is 5.79. The number of methoxy groups -OCH3 is 1. The Balaban J connectivity index is 2.87. The van der Waals surface area contributed by atoms with Crippen LogP contribution in [0.1, 0.15) is 10.4 Å². The average Bonchev–Trinajstić information content (AvgIpc) is 2.34. The number of carbonyl (C=O) groups is 1. The van der Waals surface area contributed by atoms with Gasteiger partial charge in [0.25, 0.3) is 0 Å². The summed E-state index contributed by atoms with van der Waals surface area (Å²) in [4.78, 5) is 10.7. The predicted molar refractivity (Wildman–Crippen MR) is 57.5 cm³/mol. The Morgan fingerprint density at radius 2 is 2.00 bits per heavy atom. The lowest BCUT2D eigenvalue weighted by atomic mass is 10.2. The van der Waals surface area contributed by atoms with E-state index in [1.165, 1.54) is 19.2 Å². The van der Waals surface area contributed by atoms with E-state index in [-0.39, 0.29) is 17.1 Å². The predicted octanol–water partition coefficient (Wildman–Crippen LogP) is 1.70. The van der Waals surface area contributed by atoms with Gasteiger partial charge in [0.15, 0.2) is 17.6 Å². The first kappa shape index (κ1) is 15.1. The van der Waals surface area contributed by atoms with E-state index < -0.39 is 24.9 Å². The summed E-state index contributed by atoms with van der Waals surface area (Å²) in [6, 6.07) is 3.48. The summed E-state index contributed by atoms with van der Waals surface area (Å²) in [7, 11) is 1.25. The third-order valence-corrected chi connectivity index (χ3v) is 2.19. The van der Waals surface area contributed by atoms with Gasteiger partial charge in [0.05, 0.1) is 12.7 Å². The summed E-state index contributed by atoms with van der Waals surface area (Å²) in [5, 5.41) is 17.5. The standard InChI is InChI=1S/C11H11F3O5/c1-18-7-3-2-6(10(16)17)4-8(7)19-5-9(15)11(12,13)14/h2-4,9,15H,5H2,1H3,(H,16,17). The minimum absolute atomic E-state index is 0.0689. The largest absolute Gasteiger partial charge is 0.493 e. The number of aromatic carboxylic acids is 1. The van der Waals surface area contributed by atoms with Crippen molar-refractivity contribution in [1.82, 2.24) is 0 Å². The number of benzene rings is 1. The molecule has 1 aromatic carbocycles. The highest BCUT2D eigenvalue weighted by Gasteiger charge is 2.38. The maximum Gasteiger partial charge on any atom is 0.417 e. The first-order chi connectivity index (χ1) is 8.75. The molecule has 0 aliphatic rings. The fourth-order valence-electron chi connectivity index (χ4n) is 1.19. The molecule has 5 nitrogen and oxygen atoms in total. The van der Waals surface area contributed by atoms with Crippen molar-refractivity contribution in [3.05, 3.63) is 23.8 Å².